The molecule has 1 aliphatic rings. The number of hydrogen-bond acceptors (Lipinski definition) is 4. The maximum absolute atomic E-state index is 13.3. The third-order valence-electron chi connectivity index (χ3n) is 5.72. The highest BCUT2D eigenvalue weighted by atomic mass is 35.5. The molecule has 2 N–H and O–H groups in total. The highest BCUT2D eigenvalue weighted by Crippen LogP contribution is 2.30. The number of carboxylic acid groups (broad SMARTS) is 1. The highest BCUT2D eigenvalue weighted by molar-refractivity contribution is 6.40. The average molecular weight is 478 g/mol. The van der Waals surface area contributed by atoms with Gasteiger partial charge in [-0.3, -0.25) is 14.9 Å². The molecule has 0 aliphatic carbocycles. The van der Waals surface area contributed by atoms with E-state index in [0.29, 0.717) is 16.1 Å². The molecule has 1 fully saturated rings. The quantitative estimate of drug-likeness (QED) is 0.427. The monoisotopic (exact) mass is 477 g/mol. The number of urea groups is 1. The number of carbonyl (C=O) groups excluding carboxylic acids is 3. The Hall–Kier alpha value is -4.17. The number of imide groups is 2. The summed E-state index contributed by atoms with van der Waals surface area (Å²) in [6, 6.07) is 12.2. The average Bonchev–Trinajstić information content (AvgIpc) is 3.06. The van der Waals surface area contributed by atoms with Crippen LogP contribution in [0.25, 0.3) is 11.8 Å². The number of carbonyl (C=O) groups is 4. The minimum atomic E-state index is -1.02. The van der Waals surface area contributed by atoms with Gasteiger partial charge >= 0.3 is 12.0 Å². The lowest BCUT2D eigenvalue weighted by atomic mass is 10.1. The molecule has 2 heterocycles. The molecule has 4 amide bonds. The fourth-order valence-corrected chi connectivity index (χ4v) is 4.12. The maximum atomic E-state index is 13.3. The van der Waals surface area contributed by atoms with Gasteiger partial charge in [-0.1, -0.05) is 17.7 Å². The number of rotatable bonds is 4. The Morgan fingerprint density at radius 1 is 1.03 bits per heavy atom. The van der Waals surface area contributed by atoms with E-state index in [2.05, 4.69) is 5.32 Å². The number of benzene rings is 2. The van der Waals surface area contributed by atoms with Gasteiger partial charge in [0.15, 0.2) is 0 Å². The molecule has 0 saturated carbocycles. The number of nitrogens with zero attached hydrogens (tertiary/aromatic N) is 2. The zero-order chi connectivity index (χ0) is 24.7. The molecule has 1 aliphatic heterocycles. The Balaban J connectivity index is 1.76. The summed E-state index contributed by atoms with van der Waals surface area (Å²) < 4.78 is 1.88. The molecule has 2 aromatic carbocycles. The summed E-state index contributed by atoms with van der Waals surface area (Å²) in [5, 5.41) is 11.7. The van der Waals surface area contributed by atoms with Crippen molar-refractivity contribution in [3.8, 4) is 5.69 Å². The van der Waals surface area contributed by atoms with E-state index >= 15 is 0 Å². The molecular weight excluding hydrogens is 458 g/mol. The Morgan fingerprint density at radius 2 is 1.71 bits per heavy atom. The smallest absolute Gasteiger partial charge is 0.335 e. The second-order valence-electron chi connectivity index (χ2n) is 7.86. The van der Waals surface area contributed by atoms with Crippen molar-refractivity contribution in [1.82, 2.24) is 9.88 Å². The predicted octanol–water partition coefficient (Wildman–Crippen LogP) is 4.42. The van der Waals surface area contributed by atoms with Gasteiger partial charge in [0, 0.05) is 22.1 Å². The van der Waals surface area contributed by atoms with Crippen molar-refractivity contribution in [1.29, 1.82) is 0 Å². The molecule has 8 nitrogen and oxygen atoms in total. The molecule has 0 atom stereocenters. The second-order valence-corrected chi connectivity index (χ2v) is 8.26. The third-order valence-corrected chi connectivity index (χ3v) is 6.13. The number of aromatic nitrogens is 1. The highest BCUT2D eigenvalue weighted by Gasteiger charge is 2.37. The molecule has 9 heteroatoms. The van der Waals surface area contributed by atoms with Crippen LogP contribution in [0.15, 0.2) is 54.1 Å². The van der Waals surface area contributed by atoms with Crippen LogP contribution >= 0.6 is 11.6 Å². The van der Waals surface area contributed by atoms with Crippen molar-refractivity contribution in [2.75, 3.05) is 4.90 Å². The topological polar surface area (TPSA) is 109 Å². The molecule has 0 bridgehead atoms. The van der Waals surface area contributed by atoms with E-state index in [-0.39, 0.29) is 16.8 Å². The molecule has 3 aromatic rings. The lowest BCUT2D eigenvalue weighted by molar-refractivity contribution is -0.122. The number of hydrogen-bond donors (Lipinski definition) is 2. The van der Waals surface area contributed by atoms with Gasteiger partial charge in [-0.05, 0) is 80.4 Å². The van der Waals surface area contributed by atoms with Crippen LogP contribution in [0.1, 0.15) is 32.9 Å². The van der Waals surface area contributed by atoms with Crippen molar-refractivity contribution in [3.63, 3.8) is 0 Å². The van der Waals surface area contributed by atoms with E-state index in [0.717, 1.165) is 22.0 Å². The zero-order valence-corrected chi connectivity index (χ0v) is 19.3. The maximum Gasteiger partial charge on any atom is 0.335 e. The molecule has 172 valence electrons. The van der Waals surface area contributed by atoms with Crippen LogP contribution in [-0.4, -0.2) is 33.5 Å². The van der Waals surface area contributed by atoms with Gasteiger partial charge < -0.3 is 9.67 Å². The van der Waals surface area contributed by atoms with Crippen LogP contribution in [0.5, 0.6) is 0 Å². The molecule has 0 unspecified atom stereocenters. The van der Waals surface area contributed by atoms with Crippen LogP contribution in [0.3, 0.4) is 0 Å². The summed E-state index contributed by atoms with van der Waals surface area (Å²) in [6.45, 7) is 5.36. The predicted molar refractivity (Wildman–Crippen MR) is 127 cm³/mol. The number of halogens is 1. The molecule has 34 heavy (non-hydrogen) atoms. The number of aryl methyl sites for hydroxylation is 1. The van der Waals surface area contributed by atoms with E-state index in [1.165, 1.54) is 18.2 Å². The number of carboxylic acids is 1. The van der Waals surface area contributed by atoms with Gasteiger partial charge in [0.05, 0.1) is 11.3 Å². The van der Waals surface area contributed by atoms with Crippen LogP contribution in [0.4, 0.5) is 10.5 Å². The van der Waals surface area contributed by atoms with Crippen LogP contribution < -0.4 is 10.2 Å². The molecular formula is C25H20ClN3O5. The number of barbiturate groups is 1. The minimum absolute atomic E-state index is 0.166. The van der Waals surface area contributed by atoms with Crippen LogP contribution in [0.2, 0.25) is 5.02 Å². The second kappa shape index (κ2) is 8.64. The summed E-state index contributed by atoms with van der Waals surface area (Å²) in [4.78, 5) is 50.4. The summed E-state index contributed by atoms with van der Waals surface area (Å²) in [7, 11) is 0. The first-order valence-corrected chi connectivity index (χ1v) is 10.7. The molecule has 1 saturated heterocycles. The van der Waals surface area contributed by atoms with Gasteiger partial charge in [0.2, 0.25) is 0 Å². The Morgan fingerprint density at radius 3 is 2.35 bits per heavy atom. The lowest BCUT2D eigenvalue weighted by Crippen LogP contribution is -2.54. The first kappa shape index (κ1) is 23.0. The van der Waals surface area contributed by atoms with Crippen molar-refractivity contribution < 1.29 is 24.3 Å². The normalized spacial score (nSPS) is 15.1. The minimum Gasteiger partial charge on any atom is -0.478 e. The SMILES string of the molecule is Cc1c(Cl)cccc1N1C(=O)NC(=O)/C(=C\c2cc(C)n(-c3ccc(C(=O)O)cc3)c2C)C1=O. The third kappa shape index (κ3) is 3.88. The summed E-state index contributed by atoms with van der Waals surface area (Å²) >= 11 is 6.16. The molecule has 4 rings (SSSR count). The lowest BCUT2D eigenvalue weighted by Gasteiger charge is -2.27. The number of nitrogens with one attached hydrogen (secondary N) is 1. The van der Waals surface area contributed by atoms with E-state index in [1.54, 1.807) is 43.3 Å². The summed E-state index contributed by atoms with van der Waals surface area (Å²) in [5.74, 6) is -2.56. The first-order valence-electron chi connectivity index (χ1n) is 10.3. The van der Waals surface area contributed by atoms with E-state index in [1.807, 2.05) is 18.4 Å². The Bertz CT molecular complexity index is 1400. The van der Waals surface area contributed by atoms with Gasteiger partial charge in [0.25, 0.3) is 11.8 Å². The van der Waals surface area contributed by atoms with Crippen molar-refractivity contribution in [2.24, 2.45) is 0 Å². The summed E-state index contributed by atoms with van der Waals surface area (Å²) in [6.07, 6.45) is 1.45. The van der Waals surface area contributed by atoms with E-state index < -0.39 is 23.8 Å². The number of amides is 4. The Kier molecular flexibility index (Phi) is 5.85. The van der Waals surface area contributed by atoms with Gasteiger partial charge in [-0.2, -0.15) is 0 Å². The van der Waals surface area contributed by atoms with Gasteiger partial charge in [0.1, 0.15) is 5.57 Å². The number of aromatic carboxylic acids is 1. The van der Waals surface area contributed by atoms with Gasteiger partial charge in [-0.25, -0.2) is 14.5 Å². The standard InChI is InChI=1S/C25H20ClN3O5/c1-13-11-17(15(3)28(13)18-9-7-16(8-10-18)24(32)33)12-19-22(30)27-25(34)29(23(19)31)21-6-4-5-20(26)14(21)2/h4-12H,1-3H3,(H,32,33)(H,27,30,34)/b19-12+. The first-order chi connectivity index (χ1) is 16.1. The van der Waals surface area contributed by atoms with E-state index in [4.69, 9.17) is 16.7 Å². The largest absolute Gasteiger partial charge is 0.478 e. The zero-order valence-electron chi connectivity index (χ0n) is 18.5. The Labute approximate surface area is 200 Å². The number of anilines is 1. The van der Waals surface area contributed by atoms with Crippen molar-refractivity contribution >= 4 is 47.2 Å². The molecule has 0 spiro atoms. The van der Waals surface area contributed by atoms with Crippen molar-refractivity contribution in [2.45, 2.75) is 20.8 Å². The summed E-state index contributed by atoms with van der Waals surface area (Å²) in [5.41, 5.74) is 3.68. The molecule has 1 aromatic heterocycles. The van der Waals surface area contributed by atoms with Gasteiger partial charge in [-0.15, -0.1) is 0 Å². The fraction of sp³-hybridized carbons (Fsp3) is 0.120. The fourth-order valence-electron chi connectivity index (χ4n) is 3.95. The van der Waals surface area contributed by atoms with Crippen LogP contribution in [0, 0.1) is 20.8 Å². The van der Waals surface area contributed by atoms with E-state index in [9.17, 15) is 19.2 Å². The van der Waals surface area contributed by atoms with Crippen molar-refractivity contribution in [3.05, 3.63) is 87.2 Å². The van der Waals surface area contributed by atoms with Crippen LogP contribution in [-0.2, 0) is 9.59 Å². The molecule has 0 radical (unpaired) electrons.